The van der Waals surface area contributed by atoms with Gasteiger partial charge in [0.25, 0.3) is 5.56 Å². The molecule has 1 aromatic carbocycles. The van der Waals surface area contributed by atoms with Crippen LogP contribution < -0.4 is 5.56 Å². The van der Waals surface area contributed by atoms with E-state index in [4.69, 9.17) is 0 Å². The molecule has 0 aliphatic heterocycles. The van der Waals surface area contributed by atoms with Crippen LogP contribution in [0, 0.1) is 19.7 Å². The molecule has 186 valence electrons. The molecule has 0 spiro atoms. The fourth-order valence-corrected chi connectivity index (χ4v) is 5.33. The number of rotatable bonds is 4. The maximum absolute atomic E-state index is 14.6. The third kappa shape index (κ3) is 4.38. The standard InChI is InChI=1S/C27H24F4N4O/c1-15-5-3-7-21(28)24(15)18-9-8-17(11-18)19-12-22-25(34-16(2)13-33-22)35(26(19)36)14-23-20(27(29,30)31)6-4-10-32-23/h3-7,10,12-13,17-18H,8-9,11,14H2,1-2H3/t17-,18+/m0/s1. The van der Waals surface area contributed by atoms with E-state index >= 15 is 0 Å². The summed E-state index contributed by atoms with van der Waals surface area (Å²) in [6.45, 7) is 3.19. The Bertz CT molecular complexity index is 1490. The lowest BCUT2D eigenvalue weighted by Gasteiger charge is -2.18. The molecule has 3 aromatic heterocycles. The average Bonchev–Trinajstić information content (AvgIpc) is 3.30. The molecule has 0 amide bonds. The van der Waals surface area contributed by atoms with Gasteiger partial charge in [-0.2, -0.15) is 13.2 Å². The molecule has 1 saturated carbocycles. The molecule has 1 fully saturated rings. The Hall–Kier alpha value is -3.62. The molecule has 3 heterocycles. The van der Waals surface area contributed by atoms with Gasteiger partial charge in [-0.05, 0) is 80.3 Å². The van der Waals surface area contributed by atoms with Crippen LogP contribution in [0.15, 0.2) is 53.6 Å². The van der Waals surface area contributed by atoms with Crippen molar-refractivity contribution < 1.29 is 17.6 Å². The Morgan fingerprint density at radius 3 is 2.58 bits per heavy atom. The number of aromatic nitrogens is 4. The summed E-state index contributed by atoms with van der Waals surface area (Å²) >= 11 is 0. The van der Waals surface area contributed by atoms with Crippen molar-refractivity contribution >= 4 is 11.2 Å². The van der Waals surface area contributed by atoms with E-state index in [1.165, 1.54) is 22.9 Å². The number of nitrogens with zero attached hydrogens (tertiary/aromatic N) is 4. The maximum Gasteiger partial charge on any atom is 0.418 e. The van der Waals surface area contributed by atoms with Crippen LogP contribution in [0.5, 0.6) is 0 Å². The summed E-state index contributed by atoms with van der Waals surface area (Å²) in [4.78, 5) is 26.5. The molecule has 5 rings (SSSR count). The first-order valence-corrected chi connectivity index (χ1v) is 11.8. The first kappa shape index (κ1) is 24.1. The second kappa shape index (κ2) is 9.11. The van der Waals surface area contributed by atoms with Gasteiger partial charge in [0.15, 0.2) is 5.65 Å². The van der Waals surface area contributed by atoms with Gasteiger partial charge in [0.05, 0.1) is 23.5 Å². The molecule has 0 N–H and O–H groups in total. The van der Waals surface area contributed by atoms with Crippen LogP contribution in [0.25, 0.3) is 11.2 Å². The zero-order chi connectivity index (χ0) is 25.6. The van der Waals surface area contributed by atoms with Crippen molar-refractivity contribution in [2.45, 2.75) is 57.7 Å². The minimum Gasteiger partial charge on any atom is -0.285 e. The van der Waals surface area contributed by atoms with E-state index in [0.717, 1.165) is 11.6 Å². The van der Waals surface area contributed by atoms with E-state index in [1.807, 2.05) is 13.0 Å². The molecule has 0 bridgehead atoms. The predicted molar refractivity (Wildman–Crippen MR) is 127 cm³/mol. The summed E-state index contributed by atoms with van der Waals surface area (Å²) in [6.07, 6.45) is 0.162. The minimum absolute atomic E-state index is 0.0449. The van der Waals surface area contributed by atoms with E-state index < -0.39 is 17.3 Å². The number of aryl methyl sites for hydroxylation is 2. The van der Waals surface area contributed by atoms with E-state index in [0.29, 0.717) is 41.6 Å². The minimum atomic E-state index is -4.61. The highest BCUT2D eigenvalue weighted by Gasteiger charge is 2.35. The Kier molecular flexibility index (Phi) is 6.10. The maximum atomic E-state index is 14.6. The predicted octanol–water partition coefficient (Wildman–Crippen LogP) is 6.06. The van der Waals surface area contributed by atoms with Crippen LogP contribution >= 0.6 is 0 Å². The molecular formula is C27H24F4N4O. The average molecular weight is 497 g/mol. The zero-order valence-corrected chi connectivity index (χ0v) is 19.8. The lowest BCUT2D eigenvalue weighted by Crippen LogP contribution is -2.28. The Morgan fingerprint density at radius 1 is 1.06 bits per heavy atom. The van der Waals surface area contributed by atoms with Gasteiger partial charge in [0.2, 0.25) is 0 Å². The van der Waals surface area contributed by atoms with Crippen molar-refractivity contribution in [2.24, 2.45) is 0 Å². The summed E-state index contributed by atoms with van der Waals surface area (Å²) in [6, 6.07) is 8.85. The van der Waals surface area contributed by atoms with Gasteiger partial charge in [0.1, 0.15) is 11.3 Å². The first-order valence-electron chi connectivity index (χ1n) is 11.8. The Morgan fingerprint density at radius 2 is 1.83 bits per heavy atom. The number of alkyl halides is 3. The summed E-state index contributed by atoms with van der Waals surface area (Å²) < 4.78 is 56.8. The monoisotopic (exact) mass is 496 g/mol. The third-order valence-corrected chi connectivity index (χ3v) is 7.00. The van der Waals surface area contributed by atoms with Crippen LogP contribution in [0.4, 0.5) is 17.6 Å². The molecule has 2 atom stereocenters. The third-order valence-electron chi connectivity index (χ3n) is 7.00. The molecular weight excluding hydrogens is 472 g/mol. The van der Waals surface area contributed by atoms with Gasteiger partial charge in [-0.25, -0.2) is 9.37 Å². The number of halogens is 4. The smallest absolute Gasteiger partial charge is 0.285 e. The topological polar surface area (TPSA) is 60.7 Å². The summed E-state index contributed by atoms with van der Waals surface area (Å²) in [7, 11) is 0. The van der Waals surface area contributed by atoms with Crippen LogP contribution in [0.1, 0.15) is 64.7 Å². The van der Waals surface area contributed by atoms with Gasteiger partial charge in [-0.1, -0.05) is 12.1 Å². The van der Waals surface area contributed by atoms with Crippen molar-refractivity contribution in [3.05, 3.63) is 98.6 Å². The largest absolute Gasteiger partial charge is 0.418 e. The molecule has 36 heavy (non-hydrogen) atoms. The number of pyridine rings is 2. The Labute approximate surface area is 204 Å². The quantitative estimate of drug-likeness (QED) is 0.322. The Balaban J connectivity index is 1.60. The van der Waals surface area contributed by atoms with Crippen LogP contribution in [-0.4, -0.2) is 19.5 Å². The van der Waals surface area contributed by atoms with Crippen molar-refractivity contribution in [2.75, 3.05) is 0 Å². The van der Waals surface area contributed by atoms with Crippen molar-refractivity contribution in [3.8, 4) is 0 Å². The summed E-state index contributed by atoms with van der Waals surface area (Å²) in [5, 5.41) is 0. The van der Waals surface area contributed by atoms with E-state index in [9.17, 15) is 22.4 Å². The molecule has 0 unspecified atom stereocenters. The highest BCUT2D eigenvalue weighted by atomic mass is 19.4. The molecule has 0 saturated heterocycles. The number of hydrogen-bond acceptors (Lipinski definition) is 4. The van der Waals surface area contributed by atoms with Gasteiger partial charge < -0.3 is 0 Å². The highest BCUT2D eigenvalue weighted by molar-refractivity contribution is 5.71. The van der Waals surface area contributed by atoms with E-state index in [-0.39, 0.29) is 35.5 Å². The lowest BCUT2D eigenvalue weighted by atomic mass is 9.90. The molecule has 1 aliphatic carbocycles. The summed E-state index contributed by atoms with van der Waals surface area (Å²) in [5.41, 5.74) is 1.59. The highest BCUT2D eigenvalue weighted by Crippen LogP contribution is 2.44. The number of hydrogen-bond donors (Lipinski definition) is 0. The van der Waals surface area contributed by atoms with E-state index in [2.05, 4.69) is 15.0 Å². The molecule has 9 heteroatoms. The number of fused-ring (bicyclic) bond motifs is 1. The van der Waals surface area contributed by atoms with Crippen molar-refractivity contribution in [1.82, 2.24) is 19.5 Å². The van der Waals surface area contributed by atoms with Crippen molar-refractivity contribution in [1.29, 1.82) is 0 Å². The van der Waals surface area contributed by atoms with Gasteiger partial charge >= 0.3 is 6.18 Å². The normalized spacial score (nSPS) is 18.2. The lowest BCUT2D eigenvalue weighted by molar-refractivity contribution is -0.138. The number of benzene rings is 1. The van der Waals surface area contributed by atoms with Crippen LogP contribution in [0.2, 0.25) is 0 Å². The zero-order valence-electron chi connectivity index (χ0n) is 19.8. The van der Waals surface area contributed by atoms with Crippen LogP contribution in [-0.2, 0) is 12.7 Å². The fraction of sp³-hybridized carbons (Fsp3) is 0.333. The van der Waals surface area contributed by atoms with Gasteiger partial charge in [0, 0.05) is 18.0 Å². The van der Waals surface area contributed by atoms with Crippen molar-refractivity contribution in [3.63, 3.8) is 0 Å². The molecule has 1 aliphatic rings. The molecule has 4 aromatic rings. The fourth-order valence-electron chi connectivity index (χ4n) is 5.33. The molecule has 0 radical (unpaired) electrons. The van der Waals surface area contributed by atoms with Gasteiger partial charge in [-0.3, -0.25) is 19.3 Å². The van der Waals surface area contributed by atoms with E-state index in [1.54, 1.807) is 25.3 Å². The first-order chi connectivity index (χ1) is 17.1. The second-order valence-electron chi connectivity index (χ2n) is 9.38. The molecule has 5 nitrogen and oxygen atoms in total. The second-order valence-corrected chi connectivity index (χ2v) is 9.38. The van der Waals surface area contributed by atoms with Crippen LogP contribution in [0.3, 0.4) is 0 Å². The van der Waals surface area contributed by atoms with Gasteiger partial charge in [-0.15, -0.1) is 0 Å². The summed E-state index contributed by atoms with van der Waals surface area (Å²) in [5.74, 6) is -0.477. The SMILES string of the molecule is Cc1cnc2cc([C@H]3CC[C@@H](c4c(C)cccc4F)C3)c(=O)n(Cc3ncccc3C(F)(F)F)c2n1.